The van der Waals surface area contributed by atoms with E-state index in [1.54, 1.807) is 18.1 Å². The fourth-order valence-corrected chi connectivity index (χ4v) is 2.18. The van der Waals surface area contributed by atoms with Gasteiger partial charge in [0.15, 0.2) is 0 Å². The van der Waals surface area contributed by atoms with Crippen molar-refractivity contribution in [3.8, 4) is 0 Å². The normalized spacial score (nSPS) is 10.8. The van der Waals surface area contributed by atoms with Gasteiger partial charge in [-0.15, -0.1) is 0 Å². The lowest BCUT2D eigenvalue weighted by atomic mass is 10.1. The molecule has 1 aromatic heterocycles. The number of hydrogen-bond donors (Lipinski definition) is 1. The highest BCUT2D eigenvalue weighted by Crippen LogP contribution is 2.16. The molecule has 1 heterocycles. The fourth-order valence-electron chi connectivity index (χ4n) is 2.18. The highest BCUT2D eigenvalue weighted by molar-refractivity contribution is 5.98. The van der Waals surface area contributed by atoms with Crippen LogP contribution in [0.1, 0.15) is 16.1 Å². The molecule has 0 aliphatic heterocycles. The maximum atomic E-state index is 12.5. The Morgan fingerprint density at radius 2 is 2.10 bits per heavy atom. The molecule has 2 aromatic rings. The predicted octanol–water partition coefficient (Wildman–Crippen LogP) is 1.62. The van der Waals surface area contributed by atoms with Crippen LogP contribution in [0.5, 0.6) is 0 Å². The molecule has 5 nitrogen and oxygen atoms in total. The van der Waals surface area contributed by atoms with Crippen molar-refractivity contribution in [3.05, 3.63) is 41.6 Å². The Hall–Kier alpha value is -1.98. The highest BCUT2D eigenvalue weighted by atomic mass is 16.5. The Bertz CT molecular complexity index is 628. The number of benzene rings is 1. The third-order valence-corrected chi connectivity index (χ3v) is 3.30. The van der Waals surface area contributed by atoms with Gasteiger partial charge in [-0.1, -0.05) is 6.07 Å². The first kappa shape index (κ1) is 15.4. The molecule has 112 valence electrons. The molecule has 0 fully saturated rings. The number of rotatable bonds is 6. The number of hydrogen-bond acceptors (Lipinski definition) is 4. The maximum Gasteiger partial charge on any atom is 0.254 e. The van der Waals surface area contributed by atoms with Crippen LogP contribution in [0.25, 0.3) is 10.9 Å². The Balaban J connectivity index is 2.26. The zero-order chi connectivity index (χ0) is 15.2. The van der Waals surface area contributed by atoms with Crippen LogP contribution in [-0.2, 0) is 4.74 Å². The van der Waals surface area contributed by atoms with Crippen molar-refractivity contribution in [3.63, 3.8) is 0 Å². The number of methoxy groups -OCH3 is 1. The SMILES string of the molecule is COCCN(CCO)C(=O)c1ccc2nc(C)ccc2c1. The molecular formula is C16H20N2O3. The minimum Gasteiger partial charge on any atom is -0.395 e. The van der Waals surface area contributed by atoms with E-state index in [0.717, 1.165) is 16.6 Å². The van der Waals surface area contributed by atoms with Crippen LogP contribution in [0, 0.1) is 6.92 Å². The lowest BCUT2D eigenvalue weighted by molar-refractivity contribution is 0.0656. The third-order valence-electron chi connectivity index (χ3n) is 3.30. The molecule has 2 rings (SSSR count). The summed E-state index contributed by atoms with van der Waals surface area (Å²) in [5.74, 6) is -0.108. The molecule has 1 aromatic carbocycles. The van der Waals surface area contributed by atoms with Crippen molar-refractivity contribution in [1.82, 2.24) is 9.88 Å². The number of aliphatic hydroxyl groups is 1. The van der Waals surface area contributed by atoms with Crippen LogP contribution in [0.2, 0.25) is 0 Å². The summed E-state index contributed by atoms with van der Waals surface area (Å²) in [5.41, 5.74) is 2.42. The number of carbonyl (C=O) groups is 1. The summed E-state index contributed by atoms with van der Waals surface area (Å²) in [5, 5.41) is 10.0. The third kappa shape index (κ3) is 3.77. The van der Waals surface area contributed by atoms with E-state index in [9.17, 15) is 4.79 Å². The lowest BCUT2D eigenvalue weighted by Gasteiger charge is -2.21. The summed E-state index contributed by atoms with van der Waals surface area (Å²) in [6.07, 6.45) is 0. The monoisotopic (exact) mass is 288 g/mol. The fraction of sp³-hybridized carbons (Fsp3) is 0.375. The van der Waals surface area contributed by atoms with E-state index in [2.05, 4.69) is 4.98 Å². The summed E-state index contributed by atoms with van der Waals surface area (Å²) >= 11 is 0. The first-order chi connectivity index (χ1) is 10.2. The van der Waals surface area contributed by atoms with E-state index < -0.39 is 0 Å². The molecule has 5 heteroatoms. The average Bonchev–Trinajstić information content (AvgIpc) is 2.50. The van der Waals surface area contributed by atoms with Crippen molar-refractivity contribution in [1.29, 1.82) is 0 Å². The molecule has 0 aliphatic carbocycles. The lowest BCUT2D eigenvalue weighted by Crippen LogP contribution is -2.36. The van der Waals surface area contributed by atoms with Gasteiger partial charge < -0.3 is 14.7 Å². The number of amides is 1. The van der Waals surface area contributed by atoms with Gasteiger partial charge in [-0.25, -0.2) is 0 Å². The number of aromatic nitrogens is 1. The predicted molar refractivity (Wildman–Crippen MR) is 81.3 cm³/mol. The minimum atomic E-state index is -0.108. The van der Waals surface area contributed by atoms with E-state index in [1.165, 1.54) is 0 Å². The molecule has 0 unspecified atom stereocenters. The Morgan fingerprint density at radius 3 is 2.81 bits per heavy atom. The minimum absolute atomic E-state index is 0.0657. The zero-order valence-electron chi connectivity index (χ0n) is 12.4. The van der Waals surface area contributed by atoms with Crippen molar-refractivity contribution in [2.24, 2.45) is 0 Å². The number of aryl methyl sites for hydroxylation is 1. The van der Waals surface area contributed by atoms with Gasteiger partial charge >= 0.3 is 0 Å². The van der Waals surface area contributed by atoms with Crippen molar-refractivity contribution < 1.29 is 14.6 Å². The quantitative estimate of drug-likeness (QED) is 0.877. The molecular weight excluding hydrogens is 268 g/mol. The van der Waals surface area contributed by atoms with Gasteiger partial charge in [-0.3, -0.25) is 9.78 Å². The number of carbonyl (C=O) groups excluding carboxylic acids is 1. The van der Waals surface area contributed by atoms with Crippen LogP contribution in [0.3, 0.4) is 0 Å². The molecule has 1 amide bonds. The number of aliphatic hydroxyl groups excluding tert-OH is 1. The average molecular weight is 288 g/mol. The second-order valence-corrected chi connectivity index (χ2v) is 4.87. The van der Waals surface area contributed by atoms with Gasteiger partial charge in [0.1, 0.15) is 0 Å². The second-order valence-electron chi connectivity index (χ2n) is 4.87. The first-order valence-electron chi connectivity index (χ1n) is 6.92. The van der Waals surface area contributed by atoms with Crippen molar-refractivity contribution in [2.45, 2.75) is 6.92 Å². The smallest absolute Gasteiger partial charge is 0.254 e. The van der Waals surface area contributed by atoms with Crippen LogP contribution in [0.15, 0.2) is 30.3 Å². The van der Waals surface area contributed by atoms with E-state index in [1.807, 2.05) is 31.2 Å². The van der Waals surface area contributed by atoms with Gasteiger partial charge in [0.05, 0.1) is 18.7 Å². The Morgan fingerprint density at radius 1 is 1.29 bits per heavy atom. The molecule has 0 radical (unpaired) electrons. The summed E-state index contributed by atoms with van der Waals surface area (Å²) in [7, 11) is 1.59. The summed E-state index contributed by atoms with van der Waals surface area (Å²) in [6.45, 7) is 3.07. The molecule has 0 aliphatic rings. The molecule has 1 N–H and O–H groups in total. The first-order valence-corrected chi connectivity index (χ1v) is 6.92. The van der Waals surface area contributed by atoms with Gasteiger partial charge in [0.25, 0.3) is 5.91 Å². The number of nitrogens with zero attached hydrogens (tertiary/aromatic N) is 2. The van der Waals surface area contributed by atoms with Crippen LogP contribution in [0.4, 0.5) is 0 Å². The molecule has 0 atom stereocenters. The Labute approximate surface area is 124 Å². The van der Waals surface area contributed by atoms with Crippen LogP contribution >= 0.6 is 0 Å². The van der Waals surface area contributed by atoms with Gasteiger partial charge in [-0.2, -0.15) is 0 Å². The number of fused-ring (bicyclic) bond motifs is 1. The van der Waals surface area contributed by atoms with E-state index in [4.69, 9.17) is 9.84 Å². The number of ether oxygens (including phenoxy) is 1. The van der Waals surface area contributed by atoms with Crippen molar-refractivity contribution >= 4 is 16.8 Å². The summed E-state index contributed by atoms with van der Waals surface area (Å²) < 4.78 is 5.00. The van der Waals surface area contributed by atoms with Crippen LogP contribution < -0.4 is 0 Å². The molecule has 0 bridgehead atoms. The van der Waals surface area contributed by atoms with E-state index in [-0.39, 0.29) is 12.5 Å². The molecule has 0 spiro atoms. The second kappa shape index (κ2) is 7.15. The van der Waals surface area contributed by atoms with Gasteiger partial charge in [0.2, 0.25) is 0 Å². The molecule has 21 heavy (non-hydrogen) atoms. The van der Waals surface area contributed by atoms with Gasteiger partial charge in [0, 0.05) is 36.8 Å². The summed E-state index contributed by atoms with van der Waals surface area (Å²) in [6, 6.07) is 9.34. The highest BCUT2D eigenvalue weighted by Gasteiger charge is 2.15. The standard InChI is InChI=1S/C16H20N2O3/c1-12-3-4-13-11-14(5-6-15(13)17-12)16(20)18(7-9-19)8-10-21-2/h3-6,11,19H,7-10H2,1-2H3. The molecule has 0 saturated carbocycles. The van der Waals surface area contributed by atoms with Crippen LogP contribution in [-0.4, -0.2) is 54.3 Å². The topological polar surface area (TPSA) is 62.7 Å². The summed E-state index contributed by atoms with van der Waals surface area (Å²) in [4.78, 5) is 18.5. The molecule has 0 saturated heterocycles. The van der Waals surface area contributed by atoms with E-state index >= 15 is 0 Å². The number of pyridine rings is 1. The van der Waals surface area contributed by atoms with Crippen molar-refractivity contribution in [2.75, 3.05) is 33.4 Å². The Kier molecular flexibility index (Phi) is 5.25. The maximum absolute atomic E-state index is 12.5. The van der Waals surface area contributed by atoms with Gasteiger partial charge in [-0.05, 0) is 31.2 Å². The zero-order valence-corrected chi connectivity index (χ0v) is 12.4. The van der Waals surface area contributed by atoms with E-state index in [0.29, 0.717) is 25.3 Å². The largest absolute Gasteiger partial charge is 0.395 e.